The smallest absolute Gasteiger partial charge is 0.329 e. The van der Waals surface area contributed by atoms with Gasteiger partial charge >= 0.3 is 5.69 Å². The summed E-state index contributed by atoms with van der Waals surface area (Å²) in [6.45, 7) is 2.56. The number of para-hydroxylation sites is 1. The van der Waals surface area contributed by atoms with Gasteiger partial charge in [0.25, 0.3) is 0 Å². The van der Waals surface area contributed by atoms with Gasteiger partial charge < -0.3 is 14.6 Å². The molecule has 5 heteroatoms. The van der Waals surface area contributed by atoms with Crippen molar-refractivity contribution < 1.29 is 4.74 Å². The van der Waals surface area contributed by atoms with E-state index in [2.05, 4.69) is 24.4 Å². The van der Waals surface area contributed by atoms with E-state index in [0.29, 0.717) is 6.54 Å². The van der Waals surface area contributed by atoms with E-state index in [1.165, 1.54) is 5.56 Å². The van der Waals surface area contributed by atoms with Crippen molar-refractivity contribution >= 4 is 11.5 Å². The second-order valence-corrected chi connectivity index (χ2v) is 7.04. The molecule has 0 aliphatic carbocycles. The number of benzene rings is 3. The minimum Gasteiger partial charge on any atom is -0.457 e. The first kappa shape index (κ1) is 18.6. The van der Waals surface area contributed by atoms with Crippen LogP contribution < -0.4 is 15.7 Å². The fourth-order valence-electron chi connectivity index (χ4n) is 3.11. The molecule has 0 aliphatic heterocycles. The second-order valence-electron chi connectivity index (χ2n) is 7.04. The van der Waals surface area contributed by atoms with Crippen LogP contribution in [0.1, 0.15) is 11.1 Å². The van der Waals surface area contributed by atoms with Gasteiger partial charge in [0.15, 0.2) is 0 Å². The van der Waals surface area contributed by atoms with Crippen LogP contribution in [0.4, 0.5) is 11.5 Å². The Morgan fingerprint density at radius 1 is 0.862 bits per heavy atom. The minimum absolute atomic E-state index is 0.0582. The Balaban J connectivity index is 1.52. The van der Waals surface area contributed by atoms with E-state index in [1.807, 2.05) is 72.9 Å². The maximum atomic E-state index is 12.6. The van der Waals surface area contributed by atoms with Crippen molar-refractivity contribution in [3.63, 3.8) is 0 Å². The molecule has 0 radical (unpaired) electrons. The third kappa shape index (κ3) is 4.41. The highest BCUT2D eigenvalue weighted by Crippen LogP contribution is 2.24. The third-order valence-electron chi connectivity index (χ3n) is 4.71. The summed E-state index contributed by atoms with van der Waals surface area (Å²) in [6, 6.07) is 25.6. The van der Waals surface area contributed by atoms with Crippen LogP contribution in [0.15, 0.2) is 89.9 Å². The van der Waals surface area contributed by atoms with E-state index in [0.717, 1.165) is 28.6 Å². The molecule has 5 nitrogen and oxygen atoms in total. The summed E-state index contributed by atoms with van der Waals surface area (Å²) in [5.41, 5.74) is 3.11. The second kappa shape index (κ2) is 8.10. The fourth-order valence-corrected chi connectivity index (χ4v) is 3.11. The van der Waals surface area contributed by atoms with Gasteiger partial charge in [-0.3, -0.25) is 4.57 Å². The normalized spacial score (nSPS) is 10.7. The summed E-state index contributed by atoms with van der Waals surface area (Å²) < 4.78 is 9.15. The zero-order chi connectivity index (χ0) is 20.2. The maximum absolute atomic E-state index is 12.6. The largest absolute Gasteiger partial charge is 0.457 e. The lowest BCUT2D eigenvalue weighted by Gasteiger charge is -2.11. The number of anilines is 2. The van der Waals surface area contributed by atoms with Gasteiger partial charge in [0, 0.05) is 18.9 Å². The van der Waals surface area contributed by atoms with Crippen LogP contribution in [-0.4, -0.2) is 9.13 Å². The monoisotopic (exact) mass is 385 g/mol. The lowest BCUT2D eigenvalue weighted by atomic mass is 10.1. The summed E-state index contributed by atoms with van der Waals surface area (Å²) in [5.74, 6) is 2.30. The van der Waals surface area contributed by atoms with Gasteiger partial charge in [-0.1, -0.05) is 48.0 Å². The van der Waals surface area contributed by atoms with Gasteiger partial charge in [0.05, 0.1) is 6.54 Å². The zero-order valence-corrected chi connectivity index (χ0v) is 16.5. The summed E-state index contributed by atoms with van der Waals surface area (Å²) in [4.78, 5) is 12.6. The molecule has 0 fully saturated rings. The van der Waals surface area contributed by atoms with Gasteiger partial charge in [-0.15, -0.1) is 0 Å². The number of aryl methyl sites for hydroxylation is 2. The van der Waals surface area contributed by atoms with Gasteiger partial charge in [-0.25, -0.2) is 4.79 Å². The Morgan fingerprint density at radius 2 is 1.52 bits per heavy atom. The highest BCUT2D eigenvalue weighted by Gasteiger charge is 2.10. The average Bonchev–Trinajstić information content (AvgIpc) is 2.99. The minimum atomic E-state index is -0.0582. The molecular formula is C24H23N3O2. The van der Waals surface area contributed by atoms with E-state index in [-0.39, 0.29) is 5.69 Å². The van der Waals surface area contributed by atoms with Crippen molar-refractivity contribution in [2.75, 3.05) is 5.32 Å². The molecule has 4 aromatic rings. The number of imidazole rings is 1. The van der Waals surface area contributed by atoms with E-state index in [1.54, 1.807) is 16.2 Å². The van der Waals surface area contributed by atoms with Gasteiger partial charge in [0.2, 0.25) is 0 Å². The molecule has 3 aromatic carbocycles. The SMILES string of the molecule is Cc1ccc(Cn2c(Nc3ccc(Oc4ccccc4)cc3)cn(C)c2=O)cc1. The number of aromatic nitrogens is 2. The number of hydrogen-bond donors (Lipinski definition) is 1. The van der Waals surface area contributed by atoms with Crippen molar-refractivity contribution in [2.45, 2.75) is 13.5 Å². The maximum Gasteiger partial charge on any atom is 0.329 e. The van der Waals surface area contributed by atoms with Crippen LogP contribution in [-0.2, 0) is 13.6 Å². The first-order valence-corrected chi connectivity index (χ1v) is 9.50. The molecule has 0 atom stereocenters. The average molecular weight is 385 g/mol. The molecule has 1 aromatic heterocycles. The fraction of sp³-hybridized carbons (Fsp3) is 0.125. The van der Waals surface area contributed by atoms with Crippen LogP contribution in [0.5, 0.6) is 11.5 Å². The standard InChI is InChI=1S/C24H23N3O2/c1-18-8-10-19(11-9-18)16-27-23(17-26(2)24(27)28)25-20-12-14-22(15-13-20)29-21-6-4-3-5-7-21/h3-15,17,25H,16H2,1-2H3. The Hall–Kier alpha value is -3.73. The molecular weight excluding hydrogens is 362 g/mol. The molecule has 0 spiro atoms. The molecule has 146 valence electrons. The number of nitrogens with one attached hydrogen (secondary N) is 1. The molecule has 0 saturated carbocycles. The van der Waals surface area contributed by atoms with Crippen molar-refractivity contribution in [3.8, 4) is 11.5 Å². The first-order chi connectivity index (χ1) is 14.1. The number of nitrogens with zero attached hydrogens (tertiary/aromatic N) is 2. The molecule has 1 heterocycles. The van der Waals surface area contributed by atoms with Crippen molar-refractivity contribution in [3.05, 3.63) is 107 Å². The molecule has 0 amide bonds. The Bertz CT molecular complexity index is 1140. The van der Waals surface area contributed by atoms with Gasteiger partial charge in [-0.05, 0) is 48.9 Å². The quantitative estimate of drug-likeness (QED) is 0.503. The van der Waals surface area contributed by atoms with Crippen molar-refractivity contribution in [2.24, 2.45) is 7.05 Å². The Kier molecular flexibility index (Phi) is 5.20. The Morgan fingerprint density at radius 3 is 2.21 bits per heavy atom. The van der Waals surface area contributed by atoms with Gasteiger partial charge in [0.1, 0.15) is 17.3 Å². The molecule has 1 N–H and O–H groups in total. The predicted molar refractivity (Wildman–Crippen MR) is 116 cm³/mol. The summed E-state index contributed by atoms with van der Waals surface area (Å²) in [7, 11) is 1.76. The third-order valence-corrected chi connectivity index (χ3v) is 4.71. The molecule has 4 rings (SSSR count). The topological polar surface area (TPSA) is 48.2 Å². The van der Waals surface area contributed by atoms with Crippen LogP contribution in [0.25, 0.3) is 0 Å². The van der Waals surface area contributed by atoms with E-state index in [4.69, 9.17) is 4.74 Å². The molecule has 0 aliphatic rings. The highest BCUT2D eigenvalue weighted by atomic mass is 16.5. The number of ether oxygens (including phenoxy) is 1. The van der Waals surface area contributed by atoms with E-state index in [9.17, 15) is 4.79 Å². The van der Waals surface area contributed by atoms with Crippen LogP contribution >= 0.6 is 0 Å². The van der Waals surface area contributed by atoms with Crippen LogP contribution in [0.3, 0.4) is 0 Å². The molecule has 0 unspecified atom stereocenters. The number of rotatable bonds is 6. The molecule has 0 saturated heterocycles. The zero-order valence-electron chi connectivity index (χ0n) is 16.5. The molecule has 0 bridgehead atoms. The summed E-state index contributed by atoms with van der Waals surface area (Å²) in [6.07, 6.45) is 1.81. The summed E-state index contributed by atoms with van der Waals surface area (Å²) in [5, 5.41) is 3.34. The van der Waals surface area contributed by atoms with E-state index < -0.39 is 0 Å². The predicted octanol–water partition coefficient (Wildman–Crippen LogP) is 5.08. The van der Waals surface area contributed by atoms with Crippen molar-refractivity contribution in [1.29, 1.82) is 0 Å². The van der Waals surface area contributed by atoms with Crippen molar-refractivity contribution in [1.82, 2.24) is 9.13 Å². The van der Waals surface area contributed by atoms with Crippen LogP contribution in [0.2, 0.25) is 0 Å². The number of hydrogen-bond acceptors (Lipinski definition) is 3. The van der Waals surface area contributed by atoms with Gasteiger partial charge in [-0.2, -0.15) is 0 Å². The molecule has 29 heavy (non-hydrogen) atoms. The lowest BCUT2D eigenvalue weighted by Crippen LogP contribution is -2.23. The highest BCUT2D eigenvalue weighted by molar-refractivity contribution is 5.57. The summed E-state index contributed by atoms with van der Waals surface area (Å²) >= 11 is 0. The van der Waals surface area contributed by atoms with Crippen LogP contribution in [0, 0.1) is 6.92 Å². The Labute approximate surface area is 169 Å². The van der Waals surface area contributed by atoms with E-state index >= 15 is 0 Å². The lowest BCUT2D eigenvalue weighted by molar-refractivity contribution is 0.483. The first-order valence-electron chi connectivity index (χ1n) is 9.50.